The fraction of sp³-hybridized carbons (Fsp3) is 0.304. The number of aliphatic hydroxyl groups excluding tert-OH is 1. The van der Waals surface area contributed by atoms with Crippen LogP contribution in [0.15, 0.2) is 54.2 Å². The molecule has 1 heterocycles. The number of benzene rings is 2. The Balaban J connectivity index is 1.97. The van der Waals surface area contributed by atoms with Gasteiger partial charge in [-0.1, -0.05) is 42.0 Å². The fourth-order valence-electron chi connectivity index (χ4n) is 3.34. The molecule has 0 saturated carbocycles. The minimum Gasteiger partial charge on any atom is -0.494 e. The van der Waals surface area contributed by atoms with Crippen LogP contribution in [0.4, 0.5) is 0 Å². The molecule has 3 rings (SSSR count). The maximum atomic E-state index is 13.2. The molecule has 0 fully saturated rings. The third kappa shape index (κ3) is 4.32. The smallest absolute Gasteiger partial charge is 0.278 e. The number of aliphatic hydroxyl groups is 1. The van der Waals surface area contributed by atoms with Crippen molar-refractivity contribution in [2.24, 2.45) is 0 Å². The second-order valence-electron chi connectivity index (χ2n) is 7.01. The highest BCUT2D eigenvalue weighted by Gasteiger charge is 2.40. The van der Waals surface area contributed by atoms with Crippen LogP contribution >= 0.6 is 0 Å². The first kappa shape index (κ1) is 20.6. The van der Waals surface area contributed by atoms with Crippen molar-refractivity contribution in [3.63, 3.8) is 0 Å². The van der Waals surface area contributed by atoms with Crippen molar-refractivity contribution in [2.75, 3.05) is 26.8 Å². The lowest BCUT2D eigenvalue weighted by molar-refractivity contribution is -0.138. The van der Waals surface area contributed by atoms with Gasteiger partial charge in [0.25, 0.3) is 11.8 Å². The third-order valence-corrected chi connectivity index (χ3v) is 4.88. The largest absolute Gasteiger partial charge is 0.494 e. The lowest BCUT2D eigenvalue weighted by Crippen LogP contribution is -2.34. The van der Waals surface area contributed by atoms with Crippen LogP contribution in [0.5, 0.6) is 5.75 Å². The van der Waals surface area contributed by atoms with Gasteiger partial charge in [0, 0.05) is 13.6 Å². The number of nitrogens with zero attached hydrogens (tertiary/aromatic N) is 2. The predicted octanol–water partition coefficient (Wildman–Crippen LogP) is 2.60. The summed E-state index contributed by atoms with van der Waals surface area (Å²) in [6, 6.07) is 14.9. The summed E-state index contributed by atoms with van der Waals surface area (Å²) < 4.78 is 5.47. The number of hydrogen-bond donors (Lipinski definition) is 1. The standard InChI is InChI=1S/C23H26N2O4/c1-4-29-19-11-9-18(10-12-19)20-21(24(3)13-14-26)23(28)25(22(20)27)15-17-7-5-16(2)6-8-17/h5-12,26H,4,13-15H2,1-3H3. The van der Waals surface area contributed by atoms with E-state index in [1.807, 2.05) is 38.1 Å². The van der Waals surface area contributed by atoms with Gasteiger partial charge in [0.2, 0.25) is 0 Å². The lowest BCUT2D eigenvalue weighted by Gasteiger charge is -2.20. The Morgan fingerprint density at radius 1 is 1.00 bits per heavy atom. The minimum atomic E-state index is -0.351. The molecule has 0 radical (unpaired) electrons. The maximum Gasteiger partial charge on any atom is 0.278 e. The van der Waals surface area contributed by atoms with Crippen molar-refractivity contribution in [3.05, 3.63) is 70.9 Å². The molecule has 0 unspecified atom stereocenters. The fourth-order valence-corrected chi connectivity index (χ4v) is 3.34. The van der Waals surface area contributed by atoms with Gasteiger partial charge in [-0.05, 0) is 37.1 Å². The number of amides is 2. The molecule has 0 atom stereocenters. The number of aryl methyl sites for hydroxylation is 1. The molecule has 0 spiro atoms. The van der Waals surface area contributed by atoms with Crippen molar-refractivity contribution in [1.82, 2.24) is 9.80 Å². The van der Waals surface area contributed by atoms with E-state index in [0.717, 1.165) is 11.1 Å². The quantitative estimate of drug-likeness (QED) is 0.697. The van der Waals surface area contributed by atoms with E-state index in [1.54, 1.807) is 36.2 Å². The number of carbonyl (C=O) groups excluding carboxylic acids is 2. The molecule has 1 aliphatic heterocycles. The Kier molecular flexibility index (Phi) is 6.34. The topological polar surface area (TPSA) is 70.1 Å². The number of imide groups is 1. The molecule has 0 saturated heterocycles. The Morgan fingerprint density at radius 2 is 1.66 bits per heavy atom. The van der Waals surface area contributed by atoms with E-state index in [1.165, 1.54) is 4.90 Å². The van der Waals surface area contributed by atoms with Crippen LogP contribution in [0.1, 0.15) is 23.6 Å². The van der Waals surface area contributed by atoms with Crippen molar-refractivity contribution in [2.45, 2.75) is 20.4 Å². The van der Waals surface area contributed by atoms with Crippen molar-refractivity contribution < 1.29 is 19.4 Å². The van der Waals surface area contributed by atoms with E-state index >= 15 is 0 Å². The summed E-state index contributed by atoms with van der Waals surface area (Å²) in [6.45, 7) is 4.79. The molecule has 2 amide bonds. The number of hydrogen-bond acceptors (Lipinski definition) is 5. The molecule has 1 N–H and O–H groups in total. The van der Waals surface area contributed by atoms with Crippen LogP contribution < -0.4 is 4.74 Å². The summed E-state index contributed by atoms with van der Waals surface area (Å²) in [4.78, 5) is 29.3. The van der Waals surface area contributed by atoms with Crippen molar-refractivity contribution >= 4 is 17.4 Å². The van der Waals surface area contributed by atoms with Crippen molar-refractivity contribution in [1.29, 1.82) is 0 Å². The third-order valence-electron chi connectivity index (χ3n) is 4.88. The van der Waals surface area contributed by atoms with Crippen LogP contribution in [0.3, 0.4) is 0 Å². The minimum absolute atomic E-state index is 0.115. The van der Waals surface area contributed by atoms with Gasteiger partial charge in [0.05, 0.1) is 25.3 Å². The zero-order chi connectivity index (χ0) is 21.0. The molecule has 6 nitrogen and oxygen atoms in total. The van der Waals surface area contributed by atoms with Crippen molar-refractivity contribution in [3.8, 4) is 5.75 Å². The van der Waals surface area contributed by atoms with Crippen LogP contribution in [-0.4, -0.2) is 53.5 Å². The normalized spacial score (nSPS) is 14.0. The second kappa shape index (κ2) is 8.92. The highest BCUT2D eigenvalue weighted by molar-refractivity contribution is 6.35. The molecule has 29 heavy (non-hydrogen) atoms. The summed E-state index contributed by atoms with van der Waals surface area (Å²) >= 11 is 0. The second-order valence-corrected chi connectivity index (χ2v) is 7.01. The maximum absolute atomic E-state index is 13.2. The summed E-state index contributed by atoms with van der Waals surface area (Å²) in [5, 5.41) is 9.34. The first-order chi connectivity index (χ1) is 14.0. The molecule has 0 bridgehead atoms. The van der Waals surface area contributed by atoms with Crippen LogP contribution in [-0.2, 0) is 16.1 Å². The predicted molar refractivity (Wildman–Crippen MR) is 111 cm³/mol. The molecular weight excluding hydrogens is 368 g/mol. The Morgan fingerprint density at radius 3 is 2.24 bits per heavy atom. The van der Waals surface area contributed by atoms with E-state index in [2.05, 4.69) is 0 Å². The average molecular weight is 394 g/mol. The van der Waals surface area contributed by atoms with Gasteiger partial charge in [-0.25, -0.2) is 0 Å². The van der Waals surface area contributed by atoms with Crippen LogP contribution in [0.2, 0.25) is 0 Å². The Labute approximate surface area is 171 Å². The van der Waals surface area contributed by atoms with Gasteiger partial charge in [0.15, 0.2) is 0 Å². The van der Waals surface area contributed by atoms with Gasteiger partial charge in [-0.15, -0.1) is 0 Å². The summed E-state index contributed by atoms with van der Waals surface area (Å²) in [5.74, 6) is 0.0188. The summed E-state index contributed by atoms with van der Waals surface area (Å²) in [5.41, 5.74) is 3.30. The Hall–Kier alpha value is -3.12. The molecule has 0 aromatic heterocycles. The summed E-state index contributed by atoms with van der Waals surface area (Å²) in [7, 11) is 1.71. The van der Waals surface area contributed by atoms with E-state index in [9.17, 15) is 14.7 Å². The Bertz CT molecular complexity index is 917. The van der Waals surface area contributed by atoms with Gasteiger partial charge in [-0.3, -0.25) is 14.5 Å². The van der Waals surface area contributed by atoms with Crippen LogP contribution in [0, 0.1) is 6.92 Å². The van der Waals surface area contributed by atoms with Crippen LogP contribution in [0.25, 0.3) is 5.57 Å². The zero-order valence-electron chi connectivity index (χ0n) is 17.0. The molecule has 1 aliphatic rings. The molecule has 152 valence electrons. The average Bonchev–Trinajstić information content (AvgIpc) is 2.95. The molecule has 2 aromatic rings. The molecular formula is C23H26N2O4. The van der Waals surface area contributed by atoms with E-state index in [0.29, 0.717) is 29.2 Å². The first-order valence-electron chi connectivity index (χ1n) is 9.67. The lowest BCUT2D eigenvalue weighted by atomic mass is 10.0. The van der Waals surface area contributed by atoms with E-state index in [-0.39, 0.29) is 31.5 Å². The molecule has 2 aromatic carbocycles. The zero-order valence-corrected chi connectivity index (χ0v) is 17.0. The van der Waals surface area contributed by atoms with E-state index < -0.39 is 0 Å². The van der Waals surface area contributed by atoms with Gasteiger partial charge in [-0.2, -0.15) is 0 Å². The number of ether oxygens (including phenoxy) is 1. The van der Waals surface area contributed by atoms with Gasteiger partial charge < -0.3 is 14.7 Å². The van der Waals surface area contributed by atoms with Gasteiger partial charge in [0.1, 0.15) is 11.4 Å². The number of likely N-dealkylation sites (N-methyl/N-ethyl adjacent to an activating group) is 1. The molecule has 0 aliphatic carbocycles. The first-order valence-corrected chi connectivity index (χ1v) is 9.67. The van der Waals surface area contributed by atoms with E-state index in [4.69, 9.17) is 4.74 Å². The van der Waals surface area contributed by atoms with Gasteiger partial charge >= 0.3 is 0 Å². The highest BCUT2D eigenvalue weighted by Crippen LogP contribution is 2.32. The highest BCUT2D eigenvalue weighted by atomic mass is 16.5. The number of carbonyl (C=O) groups is 2. The monoisotopic (exact) mass is 394 g/mol. The molecule has 6 heteroatoms. The number of rotatable bonds is 8. The summed E-state index contributed by atoms with van der Waals surface area (Å²) in [6.07, 6.45) is 0. The SMILES string of the molecule is CCOc1ccc(C2=C(N(C)CCO)C(=O)N(Cc3ccc(C)cc3)C2=O)cc1.